The normalized spacial score (nSPS) is 15.3. The summed E-state index contributed by atoms with van der Waals surface area (Å²) in [6.45, 7) is 9.63. The molecule has 0 aliphatic carbocycles. The highest BCUT2D eigenvalue weighted by Crippen LogP contribution is 2.31. The third-order valence-electron chi connectivity index (χ3n) is 5.70. The minimum atomic E-state index is 0. The van der Waals surface area contributed by atoms with Crippen LogP contribution in [0.5, 0.6) is 5.75 Å². The number of aromatic nitrogens is 3. The third kappa shape index (κ3) is 7.33. The zero-order chi connectivity index (χ0) is 21.9. The molecule has 0 saturated carbocycles. The summed E-state index contributed by atoms with van der Waals surface area (Å²) in [6.07, 6.45) is 6.21. The maximum absolute atomic E-state index is 5.66. The summed E-state index contributed by atoms with van der Waals surface area (Å²) in [5, 5.41) is 15.1. The van der Waals surface area contributed by atoms with E-state index in [1.165, 1.54) is 18.4 Å². The topological polar surface area (TPSA) is 79.6 Å². The van der Waals surface area contributed by atoms with E-state index in [4.69, 9.17) is 9.73 Å². The molecule has 2 N–H and O–H groups in total. The molecule has 1 aromatic carbocycles. The van der Waals surface area contributed by atoms with Crippen molar-refractivity contribution in [2.75, 3.05) is 39.8 Å². The lowest BCUT2D eigenvalue weighted by atomic mass is 10.0. The van der Waals surface area contributed by atoms with E-state index < -0.39 is 0 Å². The van der Waals surface area contributed by atoms with Gasteiger partial charge in [-0.2, -0.15) is 0 Å². The summed E-state index contributed by atoms with van der Waals surface area (Å²) >= 11 is 0. The number of hydrogen-bond acceptors (Lipinski definition) is 5. The van der Waals surface area contributed by atoms with Crippen LogP contribution in [0.1, 0.15) is 50.5 Å². The van der Waals surface area contributed by atoms with Crippen LogP contribution in [0, 0.1) is 0 Å². The van der Waals surface area contributed by atoms with Crippen molar-refractivity contribution >= 4 is 29.9 Å². The van der Waals surface area contributed by atoms with Crippen molar-refractivity contribution in [3.05, 3.63) is 42.0 Å². The maximum atomic E-state index is 5.66. The van der Waals surface area contributed by atoms with E-state index in [1.807, 2.05) is 12.1 Å². The lowest BCUT2D eigenvalue weighted by Gasteiger charge is -2.28. The van der Waals surface area contributed by atoms with Crippen molar-refractivity contribution < 1.29 is 4.74 Å². The van der Waals surface area contributed by atoms with Gasteiger partial charge in [0, 0.05) is 31.6 Å². The number of para-hydroxylation sites is 1. The zero-order valence-corrected chi connectivity index (χ0v) is 21.9. The van der Waals surface area contributed by atoms with Crippen molar-refractivity contribution in [2.24, 2.45) is 4.99 Å². The fraction of sp³-hybridized carbons (Fsp3) is 0.609. The SMILES string of the molecule is CCCNC(=NCC(c1ccccc1OC)N1CCCC1)NCCn1cnnc1CC.I. The van der Waals surface area contributed by atoms with Crippen LogP contribution in [0.25, 0.3) is 0 Å². The first-order valence-electron chi connectivity index (χ1n) is 11.5. The van der Waals surface area contributed by atoms with Crippen LogP contribution < -0.4 is 15.4 Å². The summed E-state index contributed by atoms with van der Waals surface area (Å²) in [5.41, 5.74) is 1.21. The number of nitrogens with one attached hydrogen (secondary N) is 2. The summed E-state index contributed by atoms with van der Waals surface area (Å²) in [6, 6.07) is 8.54. The van der Waals surface area contributed by atoms with E-state index in [0.29, 0.717) is 6.54 Å². The molecule has 0 radical (unpaired) electrons. The Morgan fingerprint density at radius 2 is 1.91 bits per heavy atom. The van der Waals surface area contributed by atoms with E-state index in [1.54, 1.807) is 13.4 Å². The van der Waals surface area contributed by atoms with Gasteiger partial charge in [0.15, 0.2) is 5.96 Å². The van der Waals surface area contributed by atoms with E-state index in [-0.39, 0.29) is 30.0 Å². The van der Waals surface area contributed by atoms with Gasteiger partial charge in [-0.3, -0.25) is 9.89 Å². The summed E-state index contributed by atoms with van der Waals surface area (Å²) < 4.78 is 7.75. The Bertz CT molecular complexity index is 820. The molecule has 9 heteroatoms. The van der Waals surface area contributed by atoms with Crippen LogP contribution in [-0.4, -0.2) is 65.5 Å². The number of hydrogen-bond donors (Lipinski definition) is 2. The quantitative estimate of drug-likeness (QED) is 0.252. The van der Waals surface area contributed by atoms with Gasteiger partial charge in [-0.25, -0.2) is 0 Å². The van der Waals surface area contributed by atoms with E-state index in [9.17, 15) is 0 Å². The van der Waals surface area contributed by atoms with Gasteiger partial charge in [0.1, 0.15) is 17.9 Å². The minimum absolute atomic E-state index is 0. The Morgan fingerprint density at radius 3 is 2.62 bits per heavy atom. The number of rotatable bonds is 11. The standard InChI is InChI=1S/C23H37N7O.HI/c1-4-12-24-23(25-13-16-30-18-27-28-22(30)5-2)26-17-20(29-14-8-9-15-29)19-10-6-7-11-21(19)31-3;/h6-7,10-11,18,20H,4-5,8-9,12-17H2,1-3H3,(H2,24,25,26);1H. The molecule has 1 atom stereocenters. The van der Waals surface area contributed by atoms with Crippen molar-refractivity contribution in [1.82, 2.24) is 30.3 Å². The molecule has 1 aliphatic heterocycles. The Kier molecular flexibility index (Phi) is 11.8. The molecule has 1 aliphatic rings. The molecule has 3 rings (SSSR count). The number of benzene rings is 1. The molecule has 1 saturated heterocycles. The van der Waals surface area contributed by atoms with E-state index >= 15 is 0 Å². The molecular formula is C23H38IN7O. The fourth-order valence-corrected chi connectivity index (χ4v) is 4.04. The van der Waals surface area contributed by atoms with Gasteiger partial charge in [0.25, 0.3) is 0 Å². The molecule has 178 valence electrons. The smallest absolute Gasteiger partial charge is 0.191 e. The molecule has 0 amide bonds. The molecule has 2 heterocycles. The highest BCUT2D eigenvalue weighted by Gasteiger charge is 2.25. The van der Waals surface area contributed by atoms with Gasteiger partial charge in [0.2, 0.25) is 0 Å². The lowest BCUT2D eigenvalue weighted by Crippen LogP contribution is -2.40. The maximum Gasteiger partial charge on any atom is 0.191 e. The number of nitrogens with zero attached hydrogens (tertiary/aromatic N) is 5. The average molecular weight is 556 g/mol. The predicted octanol–water partition coefficient (Wildman–Crippen LogP) is 3.25. The van der Waals surface area contributed by atoms with Crippen LogP contribution in [0.2, 0.25) is 0 Å². The Hall–Kier alpha value is -1.88. The van der Waals surface area contributed by atoms with Crippen molar-refractivity contribution in [3.8, 4) is 5.75 Å². The average Bonchev–Trinajstić information content (AvgIpc) is 3.49. The number of guanidine groups is 1. The molecule has 1 aromatic heterocycles. The minimum Gasteiger partial charge on any atom is -0.496 e. The number of aryl methyl sites for hydroxylation is 1. The van der Waals surface area contributed by atoms with Crippen LogP contribution in [0.3, 0.4) is 0 Å². The van der Waals surface area contributed by atoms with Crippen LogP contribution >= 0.6 is 24.0 Å². The largest absolute Gasteiger partial charge is 0.496 e. The summed E-state index contributed by atoms with van der Waals surface area (Å²) in [4.78, 5) is 7.51. The monoisotopic (exact) mass is 555 g/mol. The van der Waals surface area contributed by atoms with Gasteiger partial charge in [0.05, 0.1) is 19.7 Å². The van der Waals surface area contributed by atoms with Crippen LogP contribution in [0.4, 0.5) is 0 Å². The summed E-state index contributed by atoms with van der Waals surface area (Å²) in [7, 11) is 1.74. The number of halogens is 1. The van der Waals surface area contributed by atoms with Crippen molar-refractivity contribution in [1.29, 1.82) is 0 Å². The molecule has 1 unspecified atom stereocenters. The number of methoxy groups -OCH3 is 1. The second kappa shape index (κ2) is 14.3. The van der Waals surface area contributed by atoms with Gasteiger partial charge >= 0.3 is 0 Å². The molecule has 0 bridgehead atoms. The fourth-order valence-electron chi connectivity index (χ4n) is 4.04. The first kappa shape index (κ1) is 26.4. The van der Waals surface area contributed by atoms with E-state index in [0.717, 1.165) is 63.1 Å². The molecule has 2 aromatic rings. The van der Waals surface area contributed by atoms with Gasteiger partial charge in [-0.1, -0.05) is 32.0 Å². The molecule has 32 heavy (non-hydrogen) atoms. The second-order valence-corrected chi connectivity index (χ2v) is 7.84. The molecular weight excluding hydrogens is 517 g/mol. The Balaban J connectivity index is 0.00000363. The molecule has 8 nitrogen and oxygen atoms in total. The lowest BCUT2D eigenvalue weighted by molar-refractivity contribution is 0.245. The number of ether oxygens (including phenoxy) is 1. The first-order chi connectivity index (χ1) is 15.3. The van der Waals surface area contributed by atoms with Crippen molar-refractivity contribution in [2.45, 2.75) is 52.1 Å². The van der Waals surface area contributed by atoms with Gasteiger partial charge < -0.3 is 19.9 Å². The number of likely N-dealkylation sites (tertiary alicyclic amines) is 1. The zero-order valence-electron chi connectivity index (χ0n) is 19.6. The second-order valence-electron chi connectivity index (χ2n) is 7.84. The van der Waals surface area contributed by atoms with E-state index in [2.05, 4.69) is 56.3 Å². The highest BCUT2D eigenvalue weighted by atomic mass is 127. The Morgan fingerprint density at radius 1 is 1.16 bits per heavy atom. The van der Waals surface area contributed by atoms with Crippen LogP contribution in [-0.2, 0) is 13.0 Å². The summed E-state index contributed by atoms with van der Waals surface area (Å²) in [5.74, 6) is 2.80. The predicted molar refractivity (Wildman–Crippen MR) is 140 cm³/mol. The molecule has 0 spiro atoms. The van der Waals surface area contributed by atoms with Gasteiger partial charge in [-0.05, 0) is 38.4 Å². The highest BCUT2D eigenvalue weighted by molar-refractivity contribution is 14.0. The third-order valence-corrected chi connectivity index (χ3v) is 5.70. The van der Waals surface area contributed by atoms with Crippen LogP contribution in [0.15, 0.2) is 35.6 Å². The Labute approximate surface area is 209 Å². The van der Waals surface area contributed by atoms with Gasteiger partial charge in [-0.15, -0.1) is 34.2 Å². The number of aliphatic imine (C=N–C) groups is 1. The van der Waals surface area contributed by atoms with Crippen molar-refractivity contribution in [3.63, 3.8) is 0 Å². The molecule has 1 fully saturated rings. The first-order valence-corrected chi connectivity index (χ1v) is 11.5.